The van der Waals surface area contributed by atoms with Crippen molar-refractivity contribution in [2.45, 2.75) is 26.7 Å². The van der Waals surface area contributed by atoms with Gasteiger partial charge >= 0.3 is 0 Å². The van der Waals surface area contributed by atoms with E-state index in [1.807, 2.05) is 31.2 Å². The van der Waals surface area contributed by atoms with Crippen molar-refractivity contribution in [2.75, 3.05) is 5.32 Å². The summed E-state index contributed by atoms with van der Waals surface area (Å²) >= 11 is 12.6. The maximum atomic E-state index is 12.7. The summed E-state index contributed by atoms with van der Waals surface area (Å²) in [6.07, 6.45) is 0. The van der Waals surface area contributed by atoms with Crippen LogP contribution in [0.15, 0.2) is 59.0 Å². The highest BCUT2D eigenvalue weighted by Gasteiger charge is 2.16. The van der Waals surface area contributed by atoms with E-state index < -0.39 is 0 Å². The van der Waals surface area contributed by atoms with Crippen LogP contribution >= 0.6 is 23.2 Å². The molecule has 0 radical (unpaired) electrons. The molecule has 4 rings (SSSR count). The number of carbonyl (C=O) groups is 1. The van der Waals surface area contributed by atoms with E-state index in [2.05, 4.69) is 24.1 Å². The molecule has 6 heteroatoms. The number of benzene rings is 3. The van der Waals surface area contributed by atoms with E-state index in [9.17, 15) is 4.79 Å². The minimum absolute atomic E-state index is 0.299. The number of amides is 1. The molecule has 0 unspecified atom stereocenters. The van der Waals surface area contributed by atoms with Crippen molar-refractivity contribution in [3.63, 3.8) is 0 Å². The van der Waals surface area contributed by atoms with Crippen molar-refractivity contribution in [3.05, 3.63) is 81.3 Å². The molecule has 0 spiro atoms. The first-order chi connectivity index (χ1) is 14.3. The van der Waals surface area contributed by atoms with Crippen LogP contribution < -0.4 is 5.32 Å². The van der Waals surface area contributed by atoms with Crippen LogP contribution in [-0.4, -0.2) is 10.9 Å². The van der Waals surface area contributed by atoms with Gasteiger partial charge in [-0.1, -0.05) is 49.2 Å². The summed E-state index contributed by atoms with van der Waals surface area (Å²) in [5.74, 6) is 0.498. The lowest BCUT2D eigenvalue weighted by Gasteiger charge is -2.09. The lowest BCUT2D eigenvalue weighted by Crippen LogP contribution is -2.12. The highest BCUT2D eigenvalue weighted by molar-refractivity contribution is 6.34. The topological polar surface area (TPSA) is 55.1 Å². The third kappa shape index (κ3) is 4.07. The van der Waals surface area contributed by atoms with Crippen molar-refractivity contribution in [3.8, 4) is 11.5 Å². The monoisotopic (exact) mass is 438 g/mol. The first kappa shape index (κ1) is 20.5. The van der Waals surface area contributed by atoms with Gasteiger partial charge in [0.1, 0.15) is 5.52 Å². The predicted octanol–water partition coefficient (Wildman–Crippen LogP) is 7.49. The van der Waals surface area contributed by atoms with E-state index >= 15 is 0 Å². The average Bonchev–Trinajstić information content (AvgIpc) is 3.12. The Balaban J connectivity index is 1.66. The molecule has 1 amide bonds. The molecule has 3 aromatic carbocycles. The Labute approximate surface area is 184 Å². The number of carbonyl (C=O) groups excluding carboxylic acids is 1. The second kappa shape index (κ2) is 8.13. The van der Waals surface area contributed by atoms with Crippen LogP contribution in [0.5, 0.6) is 0 Å². The fourth-order valence-electron chi connectivity index (χ4n) is 3.19. The van der Waals surface area contributed by atoms with E-state index in [0.29, 0.717) is 44.3 Å². The number of hydrogen-bond donors (Lipinski definition) is 1. The van der Waals surface area contributed by atoms with Crippen LogP contribution in [0.4, 0.5) is 5.69 Å². The number of hydrogen-bond acceptors (Lipinski definition) is 3. The molecule has 30 heavy (non-hydrogen) atoms. The summed E-state index contributed by atoms with van der Waals surface area (Å²) in [7, 11) is 0. The minimum Gasteiger partial charge on any atom is -0.436 e. The molecule has 4 aromatic rings. The Morgan fingerprint density at radius 1 is 1.00 bits per heavy atom. The molecule has 152 valence electrons. The van der Waals surface area contributed by atoms with Crippen LogP contribution in [-0.2, 0) is 0 Å². The van der Waals surface area contributed by atoms with Crippen molar-refractivity contribution in [2.24, 2.45) is 0 Å². The molecule has 0 aliphatic rings. The van der Waals surface area contributed by atoms with E-state index in [1.54, 1.807) is 30.3 Å². The van der Waals surface area contributed by atoms with Gasteiger partial charge in [-0.05, 0) is 66.4 Å². The molecule has 0 aliphatic heterocycles. The fraction of sp³-hybridized carbons (Fsp3) is 0.167. The Hall–Kier alpha value is -2.82. The molecule has 0 atom stereocenters. The van der Waals surface area contributed by atoms with Crippen molar-refractivity contribution in [1.82, 2.24) is 4.98 Å². The standard InChI is InChI=1S/C24H20Cl2N2O2/c1-13(2)15-5-9-22-21(11-15)28-24(30-22)18-12-16(6-8-19(18)25)27-23(29)17-7-4-14(3)10-20(17)26/h4-13H,1-3H3,(H,27,29). The Kier molecular flexibility index (Phi) is 5.54. The number of nitrogens with zero attached hydrogens (tertiary/aromatic N) is 1. The zero-order valence-electron chi connectivity index (χ0n) is 16.8. The minimum atomic E-state index is -0.299. The molecule has 1 aromatic heterocycles. The van der Waals surface area contributed by atoms with E-state index in [4.69, 9.17) is 27.6 Å². The number of fused-ring (bicyclic) bond motifs is 1. The lowest BCUT2D eigenvalue weighted by molar-refractivity contribution is 0.102. The SMILES string of the molecule is Cc1ccc(C(=O)Nc2ccc(Cl)c(-c3nc4cc(C(C)C)ccc4o3)c2)c(Cl)c1. The van der Waals surface area contributed by atoms with Gasteiger partial charge in [0.15, 0.2) is 5.58 Å². The molecule has 0 fully saturated rings. The van der Waals surface area contributed by atoms with Crippen molar-refractivity contribution >= 4 is 45.9 Å². The van der Waals surface area contributed by atoms with Crippen LogP contribution in [0.1, 0.15) is 41.3 Å². The number of aryl methyl sites for hydroxylation is 1. The van der Waals surface area contributed by atoms with Crippen LogP contribution in [0.2, 0.25) is 10.0 Å². The predicted molar refractivity (Wildman–Crippen MR) is 123 cm³/mol. The summed E-state index contributed by atoms with van der Waals surface area (Å²) in [6.45, 7) is 6.18. The summed E-state index contributed by atoms with van der Waals surface area (Å²) in [5, 5.41) is 3.75. The average molecular weight is 439 g/mol. The van der Waals surface area contributed by atoms with Crippen molar-refractivity contribution in [1.29, 1.82) is 0 Å². The van der Waals surface area contributed by atoms with Crippen LogP contribution in [0.25, 0.3) is 22.6 Å². The third-order valence-electron chi connectivity index (χ3n) is 4.90. The summed E-state index contributed by atoms with van der Waals surface area (Å²) in [6, 6.07) is 16.5. The van der Waals surface area contributed by atoms with Crippen LogP contribution in [0.3, 0.4) is 0 Å². The number of aromatic nitrogens is 1. The second-order valence-corrected chi connectivity index (χ2v) is 8.35. The molecule has 4 nitrogen and oxygen atoms in total. The van der Waals surface area contributed by atoms with Gasteiger partial charge in [-0.15, -0.1) is 0 Å². The fourth-order valence-corrected chi connectivity index (χ4v) is 3.71. The number of anilines is 1. The van der Waals surface area contributed by atoms with Crippen molar-refractivity contribution < 1.29 is 9.21 Å². The zero-order valence-corrected chi connectivity index (χ0v) is 18.3. The summed E-state index contributed by atoms with van der Waals surface area (Å²) in [4.78, 5) is 17.3. The first-order valence-corrected chi connectivity index (χ1v) is 10.4. The molecular formula is C24H20Cl2N2O2. The van der Waals surface area contributed by atoms with E-state index in [1.165, 1.54) is 5.56 Å². The van der Waals surface area contributed by atoms with Gasteiger partial charge in [-0.25, -0.2) is 4.98 Å². The van der Waals surface area contributed by atoms with Gasteiger partial charge < -0.3 is 9.73 Å². The third-order valence-corrected chi connectivity index (χ3v) is 5.54. The highest BCUT2D eigenvalue weighted by atomic mass is 35.5. The van der Waals surface area contributed by atoms with Gasteiger partial charge in [0, 0.05) is 5.69 Å². The van der Waals surface area contributed by atoms with E-state index in [0.717, 1.165) is 11.1 Å². The number of rotatable bonds is 4. The van der Waals surface area contributed by atoms with Gasteiger partial charge in [-0.2, -0.15) is 0 Å². The number of nitrogens with one attached hydrogen (secondary N) is 1. The zero-order chi connectivity index (χ0) is 21.4. The number of halogens is 2. The normalized spacial score (nSPS) is 11.3. The molecule has 0 bridgehead atoms. The smallest absolute Gasteiger partial charge is 0.257 e. The maximum Gasteiger partial charge on any atom is 0.257 e. The Morgan fingerprint density at radius 3 is 2.53 bits per heavy atom. The van der Waals surface area contributed by atoms with Gasteiger partial charge in [0.2, 0.25) is 5.89 Å². The summed E-state index contributed by atoms with van der Waals surface area (Å²) in [5.41, 5.74) is 5.21. The molecule has 0 aliphatic carbocycles. The molecule has 0 saturated carbocycles. The largest absolute Gasteiger partial charge is 0.436 e. The second-order valence-electron chi connectivity index (χ2n) is 7.53. The maximum absolute atomic E-state index is 12.7. The van der Waals surface area contributed by atoms with Gasteiger partial charge in [-0.3, -0.25) is 4.79 Å². The molecule has 1 N–H and O–H groups in total. The number of oxazole rings is 1. The molecular weight excluding hydrogens is 419 g/mol. The first-order valence-electron chi connectivity index (χ1n) is 9.60. The van der Waals surface area contributed by atoms with E-state index in [-0.39, 0.29) is 5.91 Å². The Morgan fingerprint density at radius 2 is 1.80 bits per heavy atom. The van der Waals surface area contributed by atoms with Gasteiger partial charge in [0.25, 0.3) is 5.91 Å². The lowest BCUT2D eigenvalue weighted by atomic mass is 10.0. The molecule has 1 heterocycles. The highest BCUT2D eigenvalue weighted by Crippen LogP contribution is 2.33. The summed E-state index contributed by atoms with van der Waals surface area (Å²) < 4.78 is 5.92. The Bertz CT molecular complexity index is 1260. The molecule has 0 saturated heterocycles. The van der Waals surface area contributed by atoms with Gasteiger partial charge in [0.05, 0.1) is 21.2 Å². The quantitative estimate of drug-likeness (QED) is 0.359. The van der Waals surface area contributed by atoms with Crippen LogP contribution in [0, 0.1) is 6.92 Å².